The molecule has 10 heteroatoms. The van der Waals surface area contributed by atoms with Crippen molar-refractivity contribution in [2.75, 3.05) is 0 Å². The van der Waals surface area contributed by atoms with E-state index in [1.54, 1.807) is 0 Å². The Hall–Kier alpha value is -3.04. The third-order valence-corrected chi connectivity index (χ3v) is 5.21. The van der Waals surface area contributed by atoms with Gasteiger partial charge in [0.2, 0.25) is 0 Å². The lowest BCUT2D eigenvalue weighted by Crippen LogP contribution is -2.27. The van der Waals surface area contributed by atoms with Gasteiger partial charge in [-0.25, -0.2) is 0 Å². The highest BCUT2D eigenvalue weighted by Crippen LogP contribution is 2.33. The molecule has 1 fully saturated rings. The van der Waals surface area contributed by atoms with Crippen molar-refractivity contribution in [2.45, 2.75) is 50.1 Å². The number of rotatable bonds is 4. The van der Waals surface area contributed by atoms with Crippen LogP contribution in [0.5, 0.6) is 11.5 Å². The number of benzene rings is 2. The van der Waals surface area contributed by atoms with Crippen LogP contribution in [-0.4, -0.2) is 34.7 Å². The lowest BCUT2D eigenvalue weighted by Gasteiger charge is -2.25. The smallest absolute Gasteiger partial charge is 0.416 e. The SMILES string of the molecule is Oc1ccc(C(F)(F)F)cc1C=N[C@@H]1CCCC[C@H]1N=Cc1cc(C(F)(F)F)ccc1O. The number of hydrogen-bond donors (Lipinski definition) is 2. The molecule has 0 aromatic heterocycles. The second kappa shape index (κ2) is 9.22. The summed E-state index contributed by atoms with van der Waals surface area (Å²) < 4.78 is 77.5. The van der Waals surface area contributed by atoms with Crippen molar-refractivity contribution >= 4 is 12.4 Å². The van der Waals surface area contributed by atoms with Crippen LogP contribution in [-0.2, 0) is 12.4 Å². The van der Waals surface area contributed by atoms with Crippen LogP contribution < -0.4 is 0 Å². The standard InChI is InChI=1S/C22H20F6N2O2/c23-21(24,25)15-5-7-19(31)13(9-15)11-29-17-3-1-2-4-18(17)30-12-14-10-16(22(26,27)28)6-8-20(14)32/h5-12,17-18,31-32H,1-4H2/t17-,18-/m1/s1. The predicted molar refractivity (Wildman–Crippen MR) is 107 cm³/mol. The molecular formula is C22H20F6N2O2. The zero-order chi connectivity index (χ0) is 23.5. The number of aromatic hydroxyl groups is 2. The summed E-state index contributed by atoms with van der Waals surface area (Å²) in [6.45, 7) is 0. The molecule has 4 nitrogen and oxygen atoms in total. The van der Waals surface area contributed by atoms with E-state index in [9.17, 15) is 36.6 Å². The second-order valence-corrected chi connectivity index (χ2v) is 7.52. The minimum atomic E-state index is -4.57. The van der Waals surface area contributed by atoms with Crippen LogP contribution in [0.15, 0.2) is 46.4 Å². The zero-order valence-electron chi connectivity index (χ0n) is 16.7. The third-order valence-electron chi connectivity index (χ3n) is 5.21. The molecule has 0 spiro atoms. The maximum Gasteiger partial charge on any atom is 0.416 e. The molecule has 172 valence electrons. The summed E-state index contributed by atoms with van der Waals surface area (Å²) in [7, 11) is 0. The van der Waals surface area contributed by atoms with Crippen molar-refractivity contribution in [1.29, 1.82) is 0 Å². The Balaban J connectivity index is 1.82. The maximum absolute atomic E-state index is 12.9. The molecule has 1 aliphatic rings. The fraction of sp³-hybridized carbons (Fsp3) is 0.364. The summed E-state index contributed by atoms with van der Waals surface area (Å²) in [6.07, 6.45) is -4.06. The lowest BCUT2D eigenvalue weighted by molar-refractivity contribution is -0.138. The first-order valence-corrected chi connectivity index (χ1v) is 9.82. The van der Waals surface area contributed by atoms with E-state index < -0.39 is 35.6 Å². The molecule has 1 saturated carbocycles. The molecule has 2 atom stereocenters. The molecule has 1 aliphatic carbocycles. The van der Waals surface area contributed by atoms with Gasteiger partial charge in [-0.05, 0) is 49.2 Å². The Bertz CT molecular complexity index is 933. The zero-order valence-corrected chi connectivity index (χ0v) is 16.7. The number of nitrogens with zero attached hydrogens (tertiary/aromatic N) is 2. The van der Waals surface area contributed by atoms with Crippen LogP contribution in [0.3, 0.4) is 0 Å². The van der Waals surface area contributed by atoms with E-state index in [4.69, 9.17) is 0 Å². The summed E-state index contributed by atoms with van der Waals surface area (Å²) in [5.74, 6) is -0.710. The molecule has 2 aromatic carbocycles. The number of halogens is 6. The first-order valence-electron chi connectivity index (χ1n) is 9.82. The van der Waals surface area contributed by atoms with Crippen molar-refractivity contribution in [3.05, 3.63) is 58.7 Å². The molecular weight excluding hydrogens is 438 g/mol. The van der Waals surface area contributed by atoms with Crippen LogP contribution in [0.4, 0.5) is 26.3 Å². The van der Waals surface area contributed by atoms with E-state index in [1.165, 1.54) is 0 Å². The van der Waals surface area contributed by atoms with Crippen molar-refractivity contribution in [3.8, 4) is 11.5 Å². The van der Waals surface area contributed by atoms with Gasteiger partial charge in [-0.1, -0.05) is 12.8 Å². The minimum Gasteiger partial charge on any atom is -0.507 e. The lowest BCUT2D eigenvalue weighted by atomic mass is 9.91. The molecule has 32 heavy (non-hydrogen) atoms. The van der Waals surface area contributed by atoms with E-state index in [1.807, 2.05) is 0 Å². The fourth-order valence-corrected chi connectivity index (χ4v) is 3.46. The monoisotopic (exact) mass is 458 g/mol. The average Bonchev–Trinajstić information content (AvgIpc) is 2.71. The molecule has 0 amide bonds. The van der Waals surface area contributed by atoms with Gasteiger partial charge in [0.25, 0.3) is 0 Å². The van der Waals surface area contributed by atoms with E-state index in [0.717, 1.165) is 61.7 Å². The summed E-state index contributed by atoms with van der Waals surface area (Å²) in [5, 5.41) is 19.7. The van der Waals surface area contributed by atoms with Gasteiger partial charge in [-0.2, -0.15) is 26.3 Å². The summed E-state index contributed by atoms with van der Waals surface area (Å²) in [6, 6.07) is 4.14. The summed E-state index contributed by atoms with van der Waals surface area (Å²) in [5.41, 5.74) is -2.03. The Morgan fingerprint density at radius 3 is 1.41 bits per heavy atom. The van der Waals surface area contributed by atoms with E-state index >= 15 is 0 Å². The quantitative estimate of drug-likeness (QED) is 0.437. The van der Waals surface area contributed by atoms with Gasteiger partial charge in [0.05, 0.1) is 23.2 Å². The van der Waals surface area contributed by atoms with Crippen molar-refractivity contribution in [1.82, 2.24) is 0 Å². The first-order chi connectivity index (χ1) is 14.9. The first kappa shape index (κ1) is 23.6. The molecule has 2 N–H and O–H groups in total. The Kier molecular flexibility index (Phi) is 6.80. The van der Waals surface area contributed by atoms with Crippen LogP contribution in [0.2, 0.25) is 0 Å². The fourth-order valence-electron chi connectivity index (χ4n) is 3.46. The maximum atomic E-state index is 12.9. The van der Waals surface area contributed by atoms with Gasteiger partial charge in [0.15, 0.2) is 0 Å². The molecule has 3 rings (SSSR count). The molecule has 0 saturated heterocycles. The molecule has 0 heterocycles. The molecule has 0 unspecified atom stereocenters. The largest absolute Gasteiger partial charge is 0.507 e. The van der Waals surface area contributed by atoms with Gasteiger partial charge in [0.1, 0.15) is 11.5 Å². The Morgan fingerprint density at radius 1 is 0.688 bits per heavy atom. The third kappa shape index (κ3) is 5.80. The van der Waals surface area contributed by atoms with Crippen LogP contribution in [0.1, 0.15) is 47.9 Å². The van der Waals surface area contributed by atoms with Crippen LogP contribution in [0, 0.1) is 0 Å². The molecule has 2 aromatic rings. The van der Waals surface area contributed by atoms with Crippen molar-refractivity contribution in [3.63, 3.8) is 0 Å². The highest BCUT2D eigenvalue weighted by atomic mass is 19.4. The summed E-state index contributed by atoms with van der Waals surface area (Å²) >= 11 is 0. The van der Waals surface area contributed by atoms with E-state index in [2.05, 4.69) is 9.98 Å². The molecule has 0 radical (unpaired) electrons. The van der Waals surface area contributed by atoms with Gasteiger partial charge in [-0.15, -0.1) is 0 Å². The van der Waals surface area contributed by atoms with Gasteiger partial charge in [-0.3, -0.25) is 9.98 Å². The van der Waals surface area contributed by atoms with Gasteiger partial charge in [0, 0.05) is 23.6 Å². The van der Waals surface area contributed by atoms with E-state index in [0.29, 0.717) is 12.8 Å². The normalized spacial score (nSPS) is 20.3. The van der Waals surface area contributed by atoms with Crippen LogP contribution in [0.25, 0.3) is 0 Å². The minimum absolute atomic E-state index is 0.0938. The average molecular weight is 458 g/mol. The highest BCUT2D eigenvalue weighted by Gasteiger charge is 2.32. The van der Waals surface area contributed by atoms with E-state index in [-0.39, 0.29) is 22.6 Å². The highest BCUT2D eigenvalue weighted by molar-refractivity contribution is 5.85. The Labute approximate surface area is 180 Å². The molecule has 0 aliphatic heterocycles. The number of aliphatic imine (C=N–C) groups is 2. The van der Waals surface area contributed by atoms with Crippen molar-refractivity contribution < 1.29 is 36.6 Å². The van der Waals surface area contributed by atoms with Crippen LogP contribution >= 0.6 is 0 Å². The number of hydrogen-bond acceptors (Lipinski definition) is 4. The van der Waals surface area contributed by atoms with Crippen molar-refractivity contribution in [2.24, 2.45) is 9.98 Å². The number of phenolic OH excluding ortho intramolecular Hbond substituents is 2. The number of phenols is 2. The Morgan fingerprint density at radius 2 is 1.06 bits per heavy atom. The predicted octanol–water partition coefficient (Wildman–Crippen LogP) is 5.98. The number of alkyl halides is 6. The topological polar surface area (TPSA) is 65.2 Å². The molecule has 0 bridgehead atoms. The summed E-state index contributed by atoms with van der Waals surface area (Å²) in [4.78, 5) is 8.60. The van der Waals surface area contributed by atoms with Gasteiger partial charge < -0.3 is 10.2 Å². The van der Waals surface area contributed by atoms with Gasteiger partial charge >= 0.3 is 12.4 Å². The second-order valence-electron chi connectivity index (χ2n) is 7.52.